The number of nitrogens with one attached hydrogen (secondary N) is 1. The van der Waals surface area contributed by atoms with E-state index < -0.39 is 0 Å². The lowest BCUT2D eigenvalue weighted by Crippen LogP contribution is -2.49. The highest BCUT2D eigenvalue weighted by Gasteiger charge is 2.43. The molecule has 3 heteroatoms. The van der Waals surface area contributed by atoms with Crippen LogP contribution in [0.25, 0.3) is 0 Å². The summed E-state index contributed by atoms with van der Waals surface area (Å²) in [5.41, 5.74) is 3.05. The lowest BCUT2D eigenvalue weighted by Gasteiger charge is -2.34. The van der Waals surface area contributed by atoms with Crippen LogP contribution in [0.15, 0.2) is 0 Å². The highest BCUT2D eigenvalue weighted by molar-refractivity contribution is 4.93. The second-order valence-corrected chi connectivity index (χ2v) is 5.25. The van der Waals surface area contributed by atoms with E-state index >= 15 is 0 Å². The van der Waals surface area contributed by atoms with Crippen molar-refractivity contribution < 1.29 is 4.74 Å². The third-order valence-electron chi connectivity index (χ3n) is 4.48. The van der Waals surface area contributed by atoms with Crippen LogP contribution in [0.4, 0.5) is 0 Å². The lowest BCUT2D eigenvalue weighted by atomic mass is 9.76. The van der Waals surface area contributed by atoms with Crippen molar-refractivity contribution >= 4 is 0 Å². The number of hydrazine groups is 1. The molecule has 5 atom stereocenters. The Balaban J connectivity index is 2.78. The predicted molar refractivity (Wildman–Crippen MR) is 67.8 cm³/mol. The van der Waals surface area contributed by atoms with E-state index in [4.69, 9.17) is 10.6 Å². The van der Waals surface area contributed by atoms with Gasteiger partial charge in [-0.25, -0.2) is 0 Å². The molecule has 0 aromatic carbocycles. The van der Waals surface area contributed by atoms with E-state index in [0.29, 0.717) is 36.0 Å². The van der Waals surface area contributed by atoms with Gasteiger partial charge in [-0.15, -0.1) is 0 Å². The molecule has 96 valence electrons. The molecule has 0 radical (unpaired) electrons. The van der Waals surface area contributed by atoms with E-state index in [2.05, 4.69) is 40.0 Å². The molecule has 0 aromatic heterocycles. The Morgan fingerprint density at radius 1 is 1.12 bits per heavy atom. The van der Waals surface area contributed by atoms with Crippen molar-refractivity contribution in [2.24, 2.45) is 23.6 Å². The fourth-order valence-electron chi connectivity index (χ4n) is 3.27. The molecule has 0 amide bonds. The van der Waals surface area contributed by atoms with Crippen LogP contribution in [0, 0.1) is 17.8 Å². The second-order valence-electron chi connectivity index (χ2n) is 5.25. The van der Waals surface area contributed by atoms with Crippen LogP contribution in [-0.4, -0.2) is 18.2 Å². The molecule has 0 aromatic rings. The van der Waals surface area contributed by atoms with Crippen LogP contribution in [0.2, 0.25) is 0 Å². The zero-order valence-corrected chi connectivity index (χ0v) is 11.4. The Morgan fingerprint density at radius 3 is 2.00 bits per heavy atom. The van der Waals surface area contributed by atoms with Crippen molar-refractivity contribution in [2.75, 3.05) is 0 Å². The average Bonchev–Trinajstić information content (AvgIpc) is 2.51. The van der Waals surface area contributed by atoms with Crippen molar-refractivity contribution in [1.82, 2.24) is 5.43 Å². The summed E-state index contributed by atoms with van der Waals surface area (Å²) in [5, 5.41) is 0. The molecular formula is C13H28N2O. The molecule has 3 N–H and O–H groups in total. The van der Waals surface area contributed by atoms with Crippen LogP contribution in [-0.2, 0) is 4.74 Å². The smallest absolute Gasteiger partial charge is 0.0597 e. The van der Waals surface area contributed by atoms with E-state index in [0.717, 1.165) is 0 Å². The van der Waals surface area contributed by atoms with Gasteiger partial charge in [-0.1, -0.05) is 33.6 Å². The largest absolute Gasteiger partial charge is 0.375 e. The highest BCUT2D eigenvalue weighted by atomic mass is 16.5. The Labute approximate surface area is 100 Å². The normalized spacial score (nSPS) is 36.9. The van der Waals surface area contributed by atoms with Crippen molar-refractivity contribution in [1.29, 1.82) is 0 Å². The zero-order valence-electron chi connectivity index (χ0n) is 11.4. The van der Waals surface area contributed by atoms with Crippen molar-refractivity contribution in [3.63, 3.8) is 0 Å². The molecule has 0 aliphatic carbocycles. The minimum Gasteiger partial charge on any atom is -0.375 e. The molecule has 3 nitrogen and oxygen atoms in total. The van der Waals surface area contributed by atoms with Gasteiger partial charge in [-0.05, 0) is 25.7 Å². The standard InChI is InChI=1S/C13H28N2O/c1-6-11(7-2)13(15-14)12-8(3)9(4)16-10(12)5/h8-13,15H,6-7,14H2,1-5H3. The third kappa shape index (κ3) is 2.58. The van der Waals surface area contributed by atoms with Crippen LogP contribution in [0.5, 0.6) is 0 Å². The van der Waals surface area contributed by atoms with E-state index in [1.54, 1.807) is 0 Å². The quantitative estimate of drug-likeness (QED) is 0.561. The van der Waals surface area contributed by atoms with E-state index in [1.807, 2.05) is 0 Å². The first kappa shape index (κ1) is 13.9. The maximum atomic E-state index is 5.91. The monoisotopic (exact) mass is 228 g/mol. The van der Waals surface area contributed by atoms with Gasteiger partial charge in [0.15, 0.2) is 0 Å². The molecule has 16 heavy (non-hydrogen) atoms. The summed E-state index contributed by atoms with van der Waals surface area (Å²) in [7, 11) is 0. The van der Waals surface area contributed by atoms with Crippen molar-refractivity contribution in [3.05, 3.63) is 0 Å². The van der Waals surface area contributed by atoms with Gasteiger partial charge < -0.3 is 4.74 Å². The van der Waals surface area contributed by atoms with Gasteiger partial charge in [-0.2, -0.15) is 0 Å². The van der Waals surface area contributed by atoms with E-state index in [9.17, 15) is 0 Å². The maximum Gasteiger partial charge on any atom is 0.0597 e. The summed E-state index contributed by atoms with van der Waals surface area (Å²) in [4.78, 5) is 0. The number of hydrogen-bond donors (Lipinski definition) is 2. The zero-order chi connectivity index (χ0) is 12.3. The van der Waals surface area contributed by atoms with E-state index in [1.165, 1.54) is 12.8 Å². The highest BCUT2D eigenvalue weighted by Crippen LogP contribution is 2.37. The average molecular weight is 228 g/mol. The lowest BCUT2D eigenvalue weighted by molar-refractivity contribution is 0.0440. The molecule has 5 unspecified atom stereocenters. The first-order valence-corrected chi connectivity index (χ1v) is 6.68. The number of rotatable bonds is 5. The fourth-order valence-corrected chi connectivity index (χ4v) is 3.27. The van der Waals surface area contributed by atoms with Gasteiger partial charge in [0.05, 0.1) is 12.2 Å². The first-order chi connectivity index (χ1) is 7.56. The third-order valence-corrected chi connectivity index (χ3v) is 4.48. The number of ether oxygens (including phenoxy) is 1. The Kier molecular flexibility index (Phi) is 5.22. The minimum absolute atomic E-state index is 0.312. The molecule has 0 bridgehead atoms. The molecule has 1 fully saturated rings. The van der Waals surface area contributed by atoms with Gasteiger partial charge in [0.1, 0.15) is 0 Å². The van der Waals surface area contributed by atoms with Crippen LogP contribution in [0.3, 0.4) is 0 Å². The fraction of sp³-hybridized carbons (Fsp3) is 1.00. The summed E-state index contributed by atoms with van der Waals surface area (Å²) < 4.78 is 5.91. The maximum absolute atomic E-state index is 5.91. The second kappa shape index (κ2) is 5.99. The van der Waals surface area contributed by atoms with Gasteiger partial charge in [0, 0.05) is 12.0 Å². The van der Waals surface area contributed by atoms with Gasteiger partial charge in [0.25, 0.3) is 0 Å². The minimum atomic E-state index is 0.312. The number of hydrogen-bond acceptors (Lipinski definition) is 3. The van der Waals surface area contributed by atoms with Crippen molar-refractivity contribution in [3.8, 4) is 0 Å². The SMILES string of the molecule is CCC(CC)C(NN)C1C(C)OC(C)C1C. The van der Waals surface area contributed by atoms with Gasteiger partial charge in [-0.3, -0.25) is 11.3 Å². The number of nitrogens with two attached hydrogens (primary N) is 1. The summed E-state index contributed by atoms with van der Waals surface area (Å²) in [6.07, 6.45) is 3.02. The predicted octanol–water partition coefficient (Wildman–Crippen LogP) is 2.31. The van der Waals surface area contributed by atoms with Crippen LogP contribution in [0.1, 0.15) is 47.5 Å². The molecule has 0 spiro atoms. The summed E-state index contributed by atoms with van der Waals surface area (Å²) in [6, 6.07) is 0.380. The Hall–Kier alpha value is -0.120. The molecule has 1 heterocycles. The molecule has 1 rings (SSSR count). The Bertz CT molecular complexity index is 206. The Morgan fingerprint density at radius 2 is 1.69 bits per heavy atom. The van der Waals surface area contributed by atoms with Crippen molar-refractivity contribution in [2.45, 2.75) is 65.7 Å². The molecular weight excluding hydrogens is 200 g/mol. The van der Waals surface area contributed by atoms with E-state index in [-0.39, 0.29) is 0 Å². The molecule has 1 saturated heterocycles. The summed E-state index contributed by atoms with van der Waals surface area (Å²) >= 11 is 0. The van der Waals surface area contributed by atoms with Crippen LogP contribution < -0.4 is 11.3 Å². The van der Waals surface area contributed by atoms with Gasteiger partial charge >= 0.3 is 0 Å². The topological polar surface area (TPSA) is 47.3 Å². The molecule has 1 aliphatic rings. The summed E-state index contributed by atoms with van der Waals surface area (Å²) in [5.74, 6) is 7.53. The molecule has 1 aliphatic heterocycles. The first-order valence-electron chi connectivity index (χ1n) is 6.68. The van der Waals surface area contributed by atoms with Crippen LogP contribution >= 0.6 is 0 Å². The molecule has 0 saturated carbocycles. The summed E-state index contributed by atoms with van der Waals surface area (Å²) in [6.45, 7) is 11.1. The van der Waals surface area contributed by atoms with Gasteiger partial charge in [0.2, 0.25) is 0 Å².